The van der Waals surface area contributed by atoms with E-state index in [-0.39, 0.29) is 0 Å². The molecule has 0 unspecified atom stereocenters. The fraction of sp³-hybridized carbons (Fsp3) is 0.700. The van der Waals surface area contributed by atoms with Gasteiger partial charge in [0.25, 0.3) is 0 Å². The molecule has 1 aromatic rings. The molecule has 82 valence electrons. The number of rotatable bonds is 3. The summed E-state index contributed by atoms with van der Waals surface area (Å²) in [7, 11) is 1.88. The van der Waals surface area contributed by atoms with Crippen LogP contribution in [-0.2, 0) is 11.3 Å². The van der Waals surface area contributed by atoms with Crippen LogP contribution in [0.2, 0.25) is 0 Å². The highest BCUT2D eigenvalue weighted by molar-refractivity contribution is 5.04. The molecule has 0 atom stereocenters. The highest BCUT2D eigenvalue weighted by atomic mass is 16.5. The molecule has 1 saturated heterocycles. The van der Waals surface area contributed by atoms with Gasteiger partial charge in [-0.2, -0.15) is 5.10 Å². The lowest BCUT2D eigenvalue weighted by atomic mass is 9.97. The van der Waals surface area contributed by atoms with E-state index >= 15 is 0 Å². The molecule has 1 aliphatic heterocycles. The zero-order valence-electron chi connectivity index (χ0n) is 8.94. The predicted octanol–water partition coefficient (Wildman–Crippen LogP) is 0.485. The van der Waals surface area contributed by atoms with E-state index in [0.717, 1.165) is 37.6 Å². The van der Waals surface area contributed by atoms with Gasteiger partial charge in [-0.25, -0.2) is 4.98 Å². The highest BCUT2D eigenvalue weighted by Crippen LogP contribution is 2.24. The molecule has 0 spiro atoms. The fourth-order valence-electron chi connectivity index (χ4n) is 1.78. The number of aromatic nitrogens is 3. The topological polar surface area (TPSA) is 59.9 Å². The van der Waals surface area contributed by atoms with E-state index in [2.05, 4.69) is 20.5 Å². The Labute approximate surface area is 89.3 Å². The highest BCUT2D eigenvalue weighted by Gasteiger charge is 2.17. The first-order valence-electron chi connectivity index (χ1n) is 5.31. The Morgan fingerprint density at radius 2 is 2.27 bits per heavy atom. The predicted molar refractivity (Wildman–Crippen MR) is 55.4 cm³/mol. The normalized spacial score (nSPS) is 17.9. The van der Waals surface area contributed by atoms with Gasteiger partial charge < -0.3 is 10.1 Å². The van der Waals surface area contributed by atoms with Crippen LogP contribution in [-0.4, -0.2) is 35.4 Å². The summed E-state index contributed by atoms with van der Waals surface area (Å²) >= 11 is 0. The van der Waals surface area contributed by atoms with Gasteiger partial charge in [0.2, 0.25) is 0 Å². The van der Waals surface area contributed by atoms with E-state index in [0.29, 0.717) is 12.5 Å². The molecule has 5 heteroatoms. The molecular formula is C10H16N4O. The van der Waals surface area contributed by atoms with E-state index in [4.69, 9.17) is 4.74 Å². The van der Waals surface area contributed by atoms with Gasteiger partial charge in [0.05, 0.1) is 18.4 Å². The molecule has 2 heterocycles. The summed E-state index contributed by atoms with van der Waals surface area (Å²) in [5.74, 6) is 1.26. The largest absolute Gasteiger partial charge is 0.381 e. The minimum atomic E-state index is 0.491. The molecule has 5 nitrogen and oxygen atoms in total. The van der Waals surface area contributed by atoms with Crippen LogP contribution in [0.4, 0.5) is 0 Å². The van der Waals surface area contributed by atoms with Gasteiger partial charge in [0.15, 0.2) is 5.82 Å². The van der Waals surface area contributed by atoms with Crippen LogP contribution in [0.1, 0.15) is 30.3 Å². The van der Waals surface area contributed by atoms with E-state index < -0.39 is 0 Å². The first kappa shape index (κ1) is 10.4. The summed E-state index contributed by atoms with van der Waals surface area (Å²) in [5, 5.41) is 11.0. The quantitative estimate of drug-likeness (QED) is 0.783. The third kappa shape index (κ3) is 2.70. The van der Waals surface area contributed by atoms with Crippen LogP contribution in [0.15, 0.2) is 6.20 Å². The molecule has 1 fully saturated rings. The molecule has 1 N–H and O–H groups in total. The van der Waals surface area contributed by atoms with Crippen molar-refractivity contribution in [2.75, 3.05) is 20.3 Å². The summed E-state index contributed by atoms with van der Waals surface area (Å²) in [5.41, 5.74) is 1.05. The lowest BCUT2D eigenvalue weighted by Crippen LogP contribution is -2.17. The Kier molecular flexibility index (Phi) is 3.58. The number of nitrogens with zero attached hydrogens (tertiary/aromatic N) is 3. The second-order valence-electron chi connectivity index (χ2n) is 3.71. The Morgan fingerprint density at radius 1 is 1.47 bits per heavy atom. The van der Waals surface area contributed by atoms with Crippen molar-refractivity contribution in [3.8, 4) is 0 Å². The summed E-state index contributed by atoms with van der Waals surface area (Å²) in [4.78, 5) is 4.49. The SMILES string of the molecule is CNCc1nncc(C2CCOCC2)n1. The second kappa shape index (κ2) is 5.14. The van der Waals surface area contributed by atoms with Crippen LogP contribution in [0.25, 0.3) is 0 Å². The maximum atomic E-state index is 5.32. The van der Waals surface area contributed by atoms with Crippen LogP contribution in [0, 0.1) is 0 Å². The smallest absolute Gasteiger partial charge is 0.165 e. The van der Waals surface area contributed by atoms with Gasteiger partial charge in [-0.05, 0) is 19.9 Å². The van der Waals surface area contributed by atoms with Crippen LogP contribution < -0.4 is 5.32 Å². The number of hydrogen-bond donors (Lipinski definition) is 1. The van der Waals surface area contributed by atoms with Crippen molar-refractivity contribution in [1.82, 2.24) is 20.5 Å². The van der Waals surface area contributed by atoms with E-state index in [1.807, 2.05) is 7.05 Å². The van der Waals surface area contributed by atoms with Crippen molar-refractivity contribution >= 4 is 0 Å². The lowest BCUT2D eigenvalue weighted by Gasteiger charge is -2.21. The summed E-state index contributed by atoms with van der Waals surface area (Å²) in [6.45, 7) is 2.33. The van der Waals surface area contributed by atoms with Crippen molar-refractivity contribution in [3.63, 3.8) is 0 Å². The first-order chi connectivity index (χ1) is 7.40. The van der Waals surface area contributed by atoms with Crippen LogP contribution >= 0.6 is 0 Å². The van der Waals surface area contributed by atoms with Crippen molar-refractivity contribution in [3.05, 3.63) is 17.7 Å². The molecule has 0 saturated carbocycles. The van der Waals surface area contributed by atoms with Crippen molar-refractivity contribution in [2.24, 2.45) is 0 Å². The Morgan fingerprint density at radius 3 is 3.00 bits per heavy atom. The molecular weight excluding hydrogens is 192 g/mol. The molecule has 0 aliphatic carbocycles. The standard InChI is InChI=1S/C10H16N4O/c1-11-7-10-13-9(6-12-14-10)8-2-4-15-5-3-8/h6,8,11H,2-5,7H2,1H3. The van der Waals surface area contributed by atoms with Crippen molar-refractivity contribution < 1.29 is 4.74 Å². The van der Waals surface area contributed by atoms with Gasteiger partial charge in [-0.15, -0.1) is 5.10 Å². The lowest BCUT2D eigenvalue weighted by molar-refractivity contribution is 0.0843. The minimum absolute atomic E-state index is 0.491. The maximum Gasteiger partial charge on any atom is 0.165 e. The number of hydrogen-bond acceptors (Lipinski definition) is 5. The molecule has 1 aliphatic rings. The van der Waals surface area contributed by atoms with E-state index in [9.17, 15) is 0 Å². The summed E-state index contributed by atoms with van der Waals surface area (Å²) in [6, 6.07) is 0. The monoisotopic (exact) mass is 208 g/mol. The summed E-state index contributed by atoms with van der Waals surface area (Å²) < 4.78 is 5.32. The third-order valence-electron chi connectivity index (χ3n) is 2.60. The molecule has 1 aromatic heterocycles. The fourth-order valence-corrected chi connectivity index (χ4v) is 1.78. The zero-order valence-corrected chi connectivity index (χ0v) is 8.94. The number of ether oxygens (including phenoxy) is 1. The van der Waals surface area contributed by atoms with Crippen LogP contribution in [0.3, 0.4) is 0 Å². The zero-order chi connectivity index (χ0) is 10.5. The maximum absolute atomic E-state index is 5.32. The van der Waals surface area contributed by atoms with E-state index in [1.54, 1.807) is 6.20 Å². The van der Waals surface area contributed by atoms with Crippen molar-refractivity contribution in [2.45, 2.75) is 25.3 Å². The minimum Gasteiger partial charge on any atom is -0.381 e. The Balaban J connectivity index is 2.09. The van der Waals surface area contributed by atoms with Crippen molar-refractivity contribution in [1.29, 1.82) is 0 Å². The van der Waals surface area contributed by atoms with Gasteiger partial charge in [-0.1, -0.05) is 0 Å². The van der Waals surface area contributed by atoms with E-state index in [1.165, 1.54) is 0 Å². The van der Waals surface area contributed by atoms with Gasteiger partial charge in [0, 0.05) is 19.1 Å². The number of nitrogens with one attached hydrogen (secondary N) is 1. The Bertz CT molecular complexity index is 312. The average Bonchev–Trinajstić information content (AvgIpc) is 2.31. The van der Waals surface area contributed by atoms with Crippen LogP contribution in [0.5, 0.6) is 0 Å². The third-order valence-corrected chi connectivity index (χ3v) is 2.60. The first-order valence-corrected chi connectivity index (χ1v) is 5.31. The van der Waals surface area contributed by atoms with Gasteiger partial charge in [0.1, 0.15) is 0 Å². The van der Waals surface area contributed by atoms with Gasteiger partial charge >= 0.3 is 0 Å². The molecule has 0 radical (unpaired) electrons. The Hall–Kier alpha value is -1.07. The summed E-state index contributed by atoms with van der Waals surface area (Å²) in [6.07, 6.45) is 3.85. The molecule has 2 rings (SSSR count). The molecule has 15 heavy (non-hydrogen) atoms. The van der Waals surface area contributed by atoms with Gasteiger partial charge in [-0.3, -0.25) is 0 Å². The molecule has 0 aromatic carbocycles. The molecule has 0 amide bonds. The second-order valence-corrected chi connectivity index (χ2v) is 3.71. The molecule has 0 bridgehead atoms. The average molecular weight is 208 g/mol.